The molecular formula is C25H26S2. The van der Waals surface area contributed by atoms with Gasteiger partial charge < -0.3 is 0 Å². The SMILES string of the molecule is CCCCc1ccc(-c2ccc(-c3cc4sc(CCC)cc4s3)cc2)cc1. The van der Waals surface area contributed by atoms with Crippen LogP contribution in [-0.2, 0) is 12.8 Å². The van der Waals surface area contributed by atoms with E-state index in [-0.39, 0.29) is 0 Å². The molecule has 2 heteroatoms. The molecule has 0 saturated carbocycles. The highest BCUT2D eigenvalue weighted by Crippen LogP contribution is 2.39. The Morgan fingerprint density at radius 1 is 0.630 bits per heavy atom. The van der Waals surface area contributed by atoms with E-state index in [0.717, 1.165) is 0 Å². The van der Waals surface area contributed by atoms with Crippen molar-refractivity contribution in [3.8, 4) is 21.6 Å². The highest BCUT2D eigenvalue weighted by atomic mass is 32.1. The van der Waals surface area contributed by atoms with Crippen molar-refractivity contribution in [1.29, 1.82) is 0 Å². The van der Waals surface area contributed by atoms with Gasteiger partial charge >= 0.3 is 0 Å². The minimum Gasteiger partial charge on any atom is -0.139 e. The van der Waals surface area contributed by atoms with E-state index in [4.69, 9.17) is 0 Å². The van der Waals surface area contributed by atoms with Crippen LogP contribution < -0.4 is 0 Å². The minimum atomic E-state index is 1.19. The second kappa shape index (κ2) is 8.41. The lowest BCUT2D eigenvalue weighted by atomic mass is 10.0. The third-order valence-corrected chi connectivity index (χ3v) is 7.43. The molecule has 0 bridgehead atoms. The summed E-state index contributed by atoms with van der Waals surface area (Å²) >= 11 is 3.87. The van der Waals surface area contributed by atoms with Crippen molar-refractivity contribution in [2.24, 2.45) is 0 Å². The fourth-order valence-electron chi connectivity index (χ4n) is 3.47. The molecule has 138 valence electrons. The van der Waals surface area contributed by atoms with Gasteiger partial charge in [0.15, 0.2) is 0 Å². The lowest BCUT2D eigenvalue weighted by Crippen LogP contribution is -1.85. The van der Waals surface area contributed by atoms with Gasteiger partial charge in [-0.3, -0.25) is 0 Å². The van der Waals surface area contributed by atoms with E-state index < -0.39 is 0 Å². The van der Waals surface area contributed by atoms with Crippen LogP contribution >= 0.6 is 22.7 Å². The number of rotatable bonds is 7. The molecule has 0 N–H and O–H groups in total. The van der Waals surface area contributed by atoms with Crippen molar-refractivity contribution < 1.29 is 0 Å². The Labute approximate surface area is 170 Å². The van der Waals surface area contributed by atoms with Crippen LogP contribution in [0.25, 0.3) is 31.0 Å². The zero-order valence-corrected chi connectivity index (χ0v) is 17.8. The van der Waals surface area contributed by atoms with Gasteiger partial charge in [-0.1, -0.05) is 75.2 Å². The van der Waals surface area contributed by atoms with Crippen molar-refractivity contribution in [1.82, 2.24) is 0 Å². The largest absolute Gasteiger partial charge is 0.139 e. The maximum atomic E-state index is 2.38. The molecule has 27 heavy (non-hydrogen) atoms. The monoisotopic (exact) mass is 390 g/mol. The number of aryl methyl sites for hydroxylation is 2. The quantitative estimate of drug-likeness (QED) is 0.296. The van der Waals surface area contributed by atoms with Crippen LogP contribution in [0.3, 0.4) is 0 Å². The first-order valence-electron chi connectivity index (χ1n) is 9.99. The summed E-state index contributed by atoms with van der Waals surface area (Å²) in [5.74, 6) is 0. The normalized spacial score (nSPS) is 11.3. The van der Waals surface area contributed by atoms with Gasteiger partial charge in [-0.25, -0.2) is 0 Å². The van der Waals surface area contributed by atoms with Crippen LogP contribution in [0.1, 0.15) is 43.6 Å². The van der Waals surface area contributed by atoms with E-state index >= 15 is 0 Å². The van der Waals surface area contributed by atoms with E-state index in [1.54, 1.807) is 0 Å². The Morgan fingerprint density at radius 2 is 1.26 bits per heavy atom. The molecule has 0 aliphatic heterocycles. The Hall–Kier alpha value is -1.90. The predicted molar refractivity (Wildman–Crippen MR) is 123 cm³/mol. The number of thiophene rings is 2. The second-order valence-electron chi connectivity index (χ2n) is 7.18. The van der Waals surface area contributed by atoms with Crippen molar-refractivity contribution in [2.45, 2.75) is 46.0 Å². The average molecular weight is 391 g/mol. The Morgan fingerprint density at radius 3 is 1.89 bits per heavy atom. The van der Waals surface area contributed by atoms with Gasteiger partial charge in [-0.05, 0) is 53.6 Å². The summed E-state index contributed by atoms with van der Waals surface area (Å²) in [6, 6.07) is 22.9. The van der Waals surface area contributed by atoms with E-state index in [0.29, 0.717) is 0 Å². The van der Waals surface area contributed by atoms with Crippen molar-refractivity contribution in [3.05, 3.63) is 71.1 Å². The summed E-state index contributed by atoms with van der Waals surface area (Å²) < 4.78 is 2.87. The summed E-state index contributed by atoms with van der Waals surface area (Å²) in [4.78, 5) is 2.89. The molecule has 0 spiro atoms. The Bertz CT molecular complexity index is 969. The van der Waals surface area contributed by atoms with Crippen molar-refractivity contribution >= 4 is 32.1 Å². The maximum absolute atomic E-state index is 2.38. The van der Waals surface area contributed by atoms with Gasteiger partial charge in [0.2, 0.25) is 0 Å². The zero-order valence-electron chi connectivity index (χ0n) is 16.1. The van der Waals surface area contributed by atoms with Gasteiger partial charge in [-0.15, -0.1) is 22.7 Å². The number of unbranched alkanes of at least 4 members (excludes halogenated alkanes) is 1. The van der Waals surface area contributed by atoms with Crippen LogP contribution in [0.15, 0.2) is 60.7 Å². The molecule has 2 heterocycles. The van der Waals surface area contributed by atoms with E-state index in [1.165, 1.54) is 73.5 Å². The first kappa shape index (κ1) is 18.5. The minimum absolute atomic E-state index is 1.19. The summed E-state index contributed by atoms with van der Waals surface area (Å²) in [5.41, 5.74) is 5.37. The second-order valence-corrected chi connectivity index (χ2v) is 9.43. The van der Waals surface area contributed by atoms with Gasteiger partial charge in [0.05, 0.1) is 0 Å². The lowest BCUT2D eigenvalue weighted by molar-refractivity contribution is 0.795. The smallest absolute Gasteiger partial charge is 0.0460 e. The average Bonchev–Trinajstić information content (AvgIpc) is 3.26. The summed E-state index contributed by atoms with van der Waals surface area (Å²) in [5, 5.41) is 0. The molecule has 0 atom stereocenters. The van der Waals surface area contributed by atoms with E-state index in [9.17, 15) is 0 Å². The molecule has 2 aromatic heterocycles. The van der Waals surface area contributed by atoms with E-state index in [2.05, 4.69) is 74.5 Å². The van der Waals surface area contributed by atoms with E-state index in [1.807, 2.05) is 22.7 Å². The highest BCUT2D eigenvalue weighted by molar-refractivity contribution is 7.29. The van der Waals surface area contributed by atoms with Crippen LogP contribution in [0.2, 0.25) is 0 Å². The number of hydrogen-bond donors (Lipinski definition) is 0. The molecule has 2 aromatic carbocycles. The number of benzene rings is 2. The van der Waals surface area contributed by atoms with Crippen molar-refractivity contribution in [2.75, 3.05) is 0 Å². The first-order chi connectivity index (χ1) is 13.3. The molecule has 0 radical (unpaired) electrons. The molecule has 0 amide bonds. The molecule has 0 unspecified atom stereocenters. The molecular weight excluding hydrogens is 364 g/mol. The number of fused-ring (bicyclic) bond motifs is 1. The fraction of sp³-hybridized carbons (Fsp3) is 0.280. The third-order valence-electron chi connectivity index (χ3n) is 5.03. The summed E-state index contributed by atoms with van der Waals surface area (Å²) in [7, 11) is 0. The van der Waals surface area contributed by atoms with Crippen LogP contribution in [0.5, 0.6) is 0 Å². The molecule has 0 aliphatic rings. The molecule has 0 fully saturated rings. The van der Waals surface area contributed by atoms with Crippen LogP contribution in [0.4, 0.5) is 0 Å². The predicted octanol–water partition coefficient (Wildman–Crippen LogP) is 8.59. The first-order valence-corrected chi connectivity index (χ1v) is 11.6. The van der Waals surface area contributed by atoms with Crippen molar-refractivity contribution in [3.63, 3.8) is 0 Å². The zero-order chi connectivity index (χ0) is 18.6. The summed E-state index contributed by atoms with van der Waals surface area (Å²) in [6.07, 6.45) is 6.13. The fourth-order valence-corrected chi connectivity index (χ4v) is 6.00. The van der Waals surface area contributed by atoms with Gasteiger partial charge in [0, 0.05) is 19.2 Å². The molecule has 4 aromatic rings. The third kappa shape index (κ3) is 4.17. The molecule has 4 rings (SSSR count). The molecule has 0 saturated heterocycles. The number of hydrogen-bond acceptors (Lipinski definition) is 2. The summed E-state index contributed by atoms with van der Waals surface area (Å²) in [6.45, 7) is 4.50. The molecule has 0 nitrogen and oxygen atoms in total. The van der Waals surface area contributed by atoms with Crippen LogP contribution in [0, 0.1) is 0 Å². The topological polar surface area (TPSA) is 0 Å². The molecule has 0 aliphatic carbocycles. The highest BCUT2D eigenvalue weighted by Gasteiger charge is 2.08. The standard InChI is InChI=1S/C25H26S2/c1-3-5-7-18-8-10-19(11-9-18)20-12-14-21(15-13-20)23-17-25-24(27-23)16-22(26-25)6-4-2/h8-17H,3-7H2,1-2H3. The van der Waals surface area contributed by atoms with Gasteiger partial charge in [0.1, 0.15) is 0 Å². The van der Waals surface area contributed by atoms with Gasteiger partial charge in [0.25, 0.3) is 0 Å². The maximum Gasteiger partial charge on any atom is 0.0460 e. The Kier molecular flexibility index (Phi) is 5.75. The van der Waals surface area contributed by atoms with Gasteiger partial charge in [-0.2, -0.15) is 0 Å². The lowest BCUT2D eigenvalue weighted by Gasteiger charge is -2.05. The van der Waals surface area contributed by atoms with Crippen LogP contribution in [-0.4, -0.2) is 0 Å². The Balaban J connectivity index is 1.52.